The molecule has 1 aliphatic rings. The van der Waals surface area contributed by atoms with Gasteiger partial charge < -0.3 is 5.32 Å². The summed E-state index contributed by atoms with van der Waals surface area (Å²) in [6.07, 6.45) is 5.48. The fourth-order valence-electron chi connectivity index (χ4n) is 2.50. The minimum atomic E-state index is 0.532. The van der Waals surface area contributed by atoms with Crippen LogP contribution in [-0.2, 0) is 0 Å². The molecule has 0 aromatic carbocycles. The van der Waals surface area contributed by atoms with Crippen molar-refractivity contribution in [3.8, 4) is 0 Å². The van der Waals surface area contributed by atoms with Crippen LogP contribution in [0, 0.1) is 12.8 Å². The molecule has 1 aromatic heterocycles. The Kier molecular flexibility index (Phi) is 3.70. The number of anilines is 1. The molecule has 16 heavy (non-hydrogen) atoms. The molecule has 0 radical (unpaired) electrons. The third-order valence-electron chi connectivity index (χ3n) is 3.54. The summed E-state index contributed by atoms with van der Waals surface area (Å²) in [7, 11) is 0. The molecule has 1 unspecified atom stereocenters. The Morgan fingerprint density at radius 2 is 2.06 bits per heavy atom. The van der Waals surface area contributed by atoms with Gasteiger partial charge in [0.15, 0.2) is 0 Å². The highest BCUT2D eigenvalue weighted by Crippen LogP contribution is 2.29. The third kappa shape index (κ3) is 2.67. The van der Waals surface area contributed by atoms with Gasteiger partial charge in [0.1, 0.15) is 5.15 Å². The molecule has 2 nitrogen and oxygen atoms in total. The number of aromatic nitrogens is 1. The molecule has 1 atom stereocenters. The Hall–Kier alpha value is -0.760. The zero-order chi connectivity index (χ0) is 11.5. The molecule has 0 spiro atoms. The number of aryl methyl sites for hydroxylation is 1. The fraction of sp³-hybridized carbons (Fsp3) is 0.615. The molecule has 1 N–H and O–H groups in total. The summed E-state index contributed by atoms with van der Waals surface area (Å²) in [5.74, 6) is 0.815. The monoisotopic (exact) mass is 238 g/mol. The van der Waals surface area contributed by atoms with Crippen LogP contribution in [0.25, 0.3) is 0 Å². The van der Waals surface area contributed by atoms with E-state index < -0.39 is 0 Å². The zero-order valence-electron chi connectivity index (χ0n) is 9.96. The van der Waals surface area contributed by atoms with E-state index in [0.29, 0.717) is 11.2 Å². The lowest BCUT2D eigenvalue weighted by molar-refractivity contribution is 0.482. The average Bonchev–Trinajstić information content (AvgIpc) is 2.75. The lowest BCUT2D eigenvalue weighted by Crippen LogP contribution is -2.24. The summed E-state index contributed by atoms with van der Waals surface area (Å²) in [6.45, 7) is 4.26. The molecular weight excluding hydrogens is 220 g/mol. The van der Waals surface area contributed by atoms with Gasteiger partial charge in [0, 0.05) is 6.04 Å². The number of rotatable bonds is 3. The van der Waals surface area contributed by atoms with E-state index in [2.05, 4.69) is 17.2 Å². The highest BCUT2D eigenvalue weighted by atomic mass is 35.5. The van der Waals surface area contributed by atoms with E-state index in [1.165, 1.54) is 25.7 Å². The number of halogens is 1. The van der Waals surface area contributed by atoms with Gasteiger partial charge in [0.05, 0.1) is 11.4 Å². The van der Waals surface area contributed by atoms with Gasteiger partial charge in [-0.05, 0) is 44.7 Å². The number of hydrogen-bond donors (Lipinski definition) is 1. The van der Waals surface area contributed by atoms with E-state index in [4.69, 9.17) is 11.6 Å². The van der Waals surface area contributed by atoms with Crippen LogP contribution in [-0.4, -0.2) is 11.0 Å². The number of hydrogen-bond acceptors (Lipinski definition) is 2. The van der Waals surface area contributed by atoms with Gasteiger partial charge in [-0.1, -0.05) is 24.4 Å². The third-order valence-corrected chi connectivity index (χ3v) is 3.75. The molecule has 1 aromatic rings. The van der Waals surface area contributed by atoms with Gasteiger partial charge in [-0.15, -0.1) is 0 Å². The summed E-state index contributed by atoms with van der Waals surface area (Å²) >= 11 is 5.84. The maximum atomic E-state index is 5.84. The molecule has 0 bridgehead atoms. The predicted molar refractivity (Wildman–Crippen MR) is 69.0 cm³/mol. The van der Waals surface area contributed by atoms with E-state index in [9.17, 15) is 0 Å². The van der Waals surface area contributed by atoms with Gasteiger partial charge in [-0.3, -0.25) is 0 Å². The smallest absolute Gasteiger partial charge is 0.129 e. The van der Waals surface area contributed by atoms with Crippen LogP contribution in [0.5, 0.6) is 0 Å². The summed E-state index contributed by atoms with van der Waals surface area (Å²) in [6, 6.07) is 4.40. The van der Waals surface area contributed by atoms with Crippen LogP contribution in [0.3, 0.4) is 0 Å². The van der Waals surface area contributed by atoms with Crippen molar-refractivity contribution >= 4 is 17.3 Å². The molecular formula is C13H19ClN2. The summed E-state index contributed by atoms with van der Waals surface area (Å²) in [5.41, 5.74) is 2.10. The van der Waals surface area contributed by atoms with Crippen LogP contribution in [0.1, 0.15) is 38.3 Å². The van der Waals surface area contributed by atoms with Gasteiger partial charge in [0.2, 0.25) is 0 Å². The molecule has 3 heteroatoms. The highest BCUT2D eigenvalue weighted by molar-refractivity contribution is 6.29. The Bertz CT molecular complexity index is 359. The Morgan fingerprint density at radius 3 is 2.69 bits per heavy atom. The maximum absolute atomic E-state index is 5.84. The molecule has 0 amide bonds. The first kappa shape index (κ1) is 11.7. The first-order valence-electron chi connectivity index (χ1n) is 6.06. The van der Waals surface area contributed by atoms with Crippen LogP contribution < -0.4 is 5.32 Å². The highest BCUT2D eigenvalue weighted by Gasteiger charge is 2.21. The van der Waals surface area contributed by atoms with Crippen molar-refractivity contribution in [3.63, 3.8) is 0 Å². The quantitative estimate of drug-likeness (QED) is 0.805. The van der Waals surface area contributed by atoms with E-state index in [1.54, 1.807) is 0 Å². The second-order valence-corrected chi connectivity index (χ2v) is 5.13. The van der Waals surface area contributed by atoms with E-state index in [-0.39, 0.29) is 0 Å². The first-order valence-corrected chi connectivity index (χ1v) is 6.44. The van der Waals surface area contributed by atoms with Crippen LogP contribution >= 0.6 is 11.6 Å². The van der Waals surface area contributed by atoms with Gasteiger partial charge in [-0.25, -0.2) is 4.98 Å². The first-order chi connectivity index (χ1) is 7.66. The standard InChI is InChI=1S/C13H19ClN2/c1-9(11-5-3-4-6-11)15-12-7-8-13(14)16-10(12)2/h7-9,11,15H,3-6H2,1-2H3. The molecule has 0 saturated heterocycles. The van der Waals surface area contributed by atoms with E-state index in [0.717, 1.165) is 17.3 Å². The van der Waals surface area contributed by atoms with Crippen molar-refractivity contribution in [3.05, 3.63) is 23.0 Å². The van der Waals surface area contributed by atoms with E-state index in [1.807, 2.05) is 19.1 Å². The lowest BCUT2D eigenvalue weighted by atomic mass is 9.99. The summed E-state index contributed by atoms with van der Waals surface area (Å²) in [4.78, 5) is 4.26. The Balaban J connectivity index is 2.02. The van der Waals surface area contributed by atoms with Gasteiger partial charge in [0.25, 0.3) is 0 Å². The Labute approximate surface area is 102 Å². The summed E-state index contributed by atoms with van der Waals surface area (Å²) < 4.78 is 0. The topological polar surface area (TPSA) is 24.9 Å². The number of nitrogens with zero attached hydrogens (tertiary/aromatic N) is 1. The molecule has 1 aliphatic carbocycles. The van der Waals surface area contributed by atoms with Gasteiger partial charge >= 0.3 is 0 Å². The van der Waals surface area contributed by atoms with Crippen molar-refractivity contribution in [1.29, 1.82) is 0 Å². The number of pyridine rings is 1. The average molecular weight is 239 g/mol. The molecule has 1 fully saturated rings. The zero-order valence-corrected chi connectivity index (χ0v) is 10.7. The Morgan fingerprint density at radius 1 is 1.38 bits per heavy atom. The van der Waals surface area contributed by atoms with Crippen molar-refractivity contribution < 1.29 is 0 Å². The van der Waals surface area contributed by atoms with E-state index >= 15 is 0 Å². The van der Waals surface area contributed by atoms with Crippen LogP contribution in [0.4, 0.5) is 5.69 Å². The second-order valence-electron chi connectivity index (χ2n) is 4.74. The van der Waals surface area contributed by atoms with Crippen molar-refractivity contribution in [2.24, 2.45) is 5.92 Å². The molecule has 88 valence electrons. The minimum Gasteiger partial charge on any atom is -0.381 e. The minimum absolute atomic E-state index is 0.532. The second kappa shape index (κ2) is 5.05. The largest absolute Gasteiger partial charge is 0.381 e. The molecule has 2 rings (SSSR count). The van der Waals surface area contributed by atoms with Gasteiger partial charge in [-0.2, -0.15) is 0 Å². The predicted octanol–water partition coefficient (Wildman–Crippen LogP) is 4.03. The molecule has 1 heterocycles. The van der Waals surface area contributed by atoms with Crippen LogP contribution in [0.15, 0.2) is 12.1 Å². The SMILES string of the molecule is Cc1nc(Cl)ccc1NC(C)C1CCCC1. The molecule has 0 aliphatic heterocycles. The lowest BCUT2D eigenvalue weighted by Gasteiger charge is -2.22. The van der Waals surface area contributed by atoms with Crippen molar-refractivity contribution in [2.75, 3.05) is 5.32 Å². The van der Waals surface area contributed by atoms with Crippen molar-refractivity contribution in [2.45, 2.75) is 45.6 Å². The fourth-order valence-corrected chi connectivity index (χ4v) is 2.69. The normalized spacial score (nSPS) is 18.7. The maximum Gasteiger partial charge on any atom is 0.129 e. The van der Waals surface area contributed by atoms with Crippen molar-refractivity contribution in [1.82, 2.24) is 4.98 Å². The summed E-state index contributed by atoms with van der Waals surface area (Å²) in [5, 5.41) is 4.12. The van der Waals surface area contributed by atoms with Crippen LogP contribution in [0.2, 0.25) is 5.15 Å². The molecule has 1 saturated carbocycles. The number of nitrogens with one attached hydrogen (secondary N) is 1.